The van der Waals surface area contributed by atoms with Crippen LogP contribution < -0.4 is 14.8 Å². The predicted molar refractivity (Wildman–Crippen MR) is 91.3 cm³/mol. The third-order valence-electron chi connectivity index (χ3n) is 4.79. The minimum Gasteiger partial charge on any atom is -0.486 e. The predicted octanol–water partition coefficient (Wildman–Crippen LogP) is 1.83. The Kier molecular flexibility index (Phi) is 5.37. The number of hydrogen-bond donors (Lipinski definition) is 1. The average Bonchev–Trinajstić information content (AvgIpc) is 2.65. The van der Waals surface area contributed by atoms with Gasteiger partial charge in [-0.15, -0.1) is 0 Å². The molecule has 1 fully saturated rings. The van der Waals surface area contributed by atoms with Gasteiger partial charge in [-0.2, -0.15) is 0 Å². The summed E-state index contributed by atoms with van der Waals surface area (Å²) in [6.07, 6.45) is 2.93. The molecule has 0 aromatic heterocycles. The summed E-state index contributed by atoms with van der Waals surface area (Å²) >= 11 is 0. The van der Waals surface area contributed by atoms with Crippen molar-refractivity contribution in [3.05, 3.63) is 27.8 Å². The van der Waals surface area contributed by atoms with Crippen LogP contribution in [-0.4, -0.2) is 55.6 Å². The van der Waals surface area contributed by atoms with Crippen LogP contribution in [-0.2, 0) is 0 Å². The summed E-state index contributed by atoms with van der Waals surface area (Å²) in [7, 11) is 1.93. The molecule has 136 valence electrons. The van der Waals surface area contributed by atoms with Gasteiger partial charge in [-0.3, -0.25) is 14.9 Å². The van der Waals surface area contributed by atoms with Crippen molar-refractivity contribution in [2.24, 2.45) is 5.92 Å². The molecule has 0 unspecified atom stereocenters. The van der Waals surface area contributed by atoms with Crippen LogP contribution in [0.2, 0.25) is 0 Å². The van der Waals surface area contributed by atoms with Gasteiger partial charge in [0.25, 0.3) is 11.6 Å². The Morgan fingerprint density at radius 3 is 2.52 bits per heavy atom. The summed E-state index contributed by atoms with van der Waals surface area (Å²) in [4.78, 5) is 25.4. The highest BCUT2D eigenvalue weighted by atomic mass is 16.6. The van der Waals surface area contributed by atoms with Gasteiger partial charge in [0.05, 0.1) is 11.0 Å². The fourth-order valence-corrected chi connectivity index (χ4v) is 3.34. The highest BCUT2D eigenvalue weighted by molar-refractivity contribution is 5.99. The maximum absolute atomic E-state index is 12.8. The first-order valence-electron chi connectivity index (χ1n) is 8.62. The zero-order chi connectivity index (χ0) is 17.8. The molecule has 8 nitrogen and oxygen atoms in total. The van der Waals surface area contributed by atoms with E-state index in [-0.39, 0.29) is 17.2 Å². The van der Waals surface area contributed by atoms with Gasteiger partial charge in [-0.25, -0.2) is 0 Å². The van der Waals surface area contributed by atoms with Crippen LogP contribution in [0.4, 0.5) is 5.69 Å². The van der Waals surface area contributed by atoms with Crippen molar-refractivity contribution in [1.29, 1.82) is 0 Å². The van der Waals surface area contributed by atoms with Crippen LogP contribution >= 0.6 is 0 Å². The van der Waals surface area contributed by atoms with Gasteiger partial charge in [-0.05, 0) is 38.8 Å². The molecule has 0 spiro atoms. The van der Waals surface area contributed by atoms with Crippen molar-refractivity contribution < 1.29 is 19.2 Å². The van der Waals surface area contributed by atoms with Gasteiger partial charge in [0.2, 0.25) is 0 Å². The molecular formula is C17H23N3O5. The second kappa shape index (κ2) is 7.69. The number of ether oxygens (including phenoxy) is 2. The summed E-state index contributed by atoms with van der Waals surface area (Å²) in [6.45, 7) is 2.93. The number of amides is 1. The second-order valence-corrected chi connectivity index (χ2v) is 6.40. The molecule has 1 saturated heterocycles. The van der Waals surface area contributed by atoms with Crippen molar-refractivity contribution >= 4 is 11.6 Å². The molecular weight excluding hydrogens is 326 g/mol. The average molecular weight is 349 g/mol. The maximum atomic E-state index is 12.8. The number of carbonyl (C=O) groups is 1. The monoisotopic (exact) mass is 349 g/mol. The van der Waals surface area contributed by atoms with E-state index >= 15 is 0 Å². The van der Waals surface area contributed by atoms with E-state index in [9.17, 15) is 14.9 Å². The van der Waals surface area contributed by atoms with Crippen molar-refractivity contribution in [3.8, 4) is 11.5 Å². The molecule has 3 rings (SSSR count). The molecule has 1 N–H and O–H groups in total. The smallest absolute Gasteiger partial charge is 0.286 e. The van der Waals surface area contributed by atoms with Gasteiger partial charge in [0, 0.05) is 19.2 Å². The highest BCUT2D eigenvalue weighted by Gasteiger charge is 2.31. The van der Waals surface area contributed by atoms with E-state index in [2.05, 4.69) is 5.32 Å². The summed E-state index contributed by atoms with van der Waals surface area (Å²) in [5, 5.41) is 14.5. The molecule has 0 bridgehead atoms. The van der Waals surface area contributed by atoms with E-state index in [1.807, 2.05) is 7.05 Å². The van der Waals surface area contributed by atoms with Gasteiger partial charge in [-0.1, -0.05) is 0 Å². The lowest BCUT2D eigenvalue weighted by Gasteiger charge is -2.32. The minimum atomic E-state index is -0.537. The molecule has 25 heavy (non-hydrogen) atoms. The topological polar surface area (TPSA) is 93.9 Å². The summed E-state index contributed by atoms with van der Waals surface area (Å²) in [5.74, 6) is 0.992. The van der Waals surface area contributed by atoms with Gasteiger partial charge < -0.3 is 19.7 Å². The number of benzene rings is 1. The van der Waals surface area contributed by atoms with E-state index in [0.717, 1.165) is 25.8 Å². The molecule has 0 radical (unpaired) electrons. The lowest BCUT2D eigenvalue weighted by Crippen LogP contribution is -2.39. The summed E-state index contributed by atoms with van der Waals surface area (Å²) in [6, 6.07) is 2.74. The number of hydrogen-bond acceptors (Lipinski definition) is 6. The third kappa shape index (κ3) is 3.84. The van der Waals surface area contributed by atoms with Crippen LogP contribution in [0.1, 0.15) is 29.6 Å². The highest BCUT2D eigenvalue weighted by Crippen LogP contribution is 2.37. The Bertz CT molecular complexity index is 656. The maximum Gasteiger partial charge on any atom is 0.286 e. The fraction of sp³-hybridized carbons (Fsp3) is 0.588. The van der Waals surface area contributed by atoms with Gasteiger partial charge >= 0.3 is 0 Å². The molecule has 8 heteroatoms. The van der Waals surface area contributed by atoms with Crippen LogP contribution in [0.3, 0.4) is 0 Å². The molecule has 0 saturated carbocycles. The Hall–Kier alpha value is -2.35. The first-order chi connectivity index (χ1) is 12.1. The molecule has 1 aromatic rings. The number of rotatable bonds is 5. The number of nitrogens with zero attached hydrogens (tertiary/aromatic N) is 2. The number of nitrogens with one attached hydrogen (secondary N) is 1. The Labute approximate surface area is 146 Å². The molecule has 2 heterocycles. The van der Waals surface area contributed by atoms with Crippen molar-refractivity contribution in [1.82, 2.24) is 10.2 Å². The fourth-order valence-electron chi connectivity index (χ4n) is 3.34. The number of nitro benzene ring substituents is 1. The van der Waals surface area contributed by atoms with Crippen LogP contribution in [0.5, 0.6) is 11.5 Å². The summed E-state index contributed by atoms with van der Waals surface area (Å²) < 4.78 is 10.9. The Morgan fingerprint density at radius 2 is 1.92 bits per heavy atom. The number of piperidine rings is 1. The molecule has 0 aliphatic carbocycles. The number of nitro groups is 1. The Balaban J connectivity index is 1.77. The lowest BCUT2D eigenvalue weighted by molar-refractivity contribution is -0.385. The van der Waals surface area contributed by atoms with Crippen LogP contribution in [0.25, 0.3) is 0 Å². The lowest BCUT2D eigenvalue weighted by atomic mass is 9.93. The van der Waals surface area contributed by atoms with Crippen molar-refractivity contribution in [3.63, 3.8) is 0 Å². The molecule has 0 atom stereocenters. The van der Waals surface area contributed by atoms with Crippen LogP contribution in [0, 0.1) is 16.0 Å². The molecule has 1 aromatic carbocycles. The largest absolute Gasteiger partial charge is 0.486 e. The van der Waals surface area contributed by atoms with Crippen LogP contribution in [0.15, 0.2) is 12.1 Å². The normalized spacial score (nSPS) is 17.4. The van der Waals surface area contributed by atoms with E-state index < -0.39 is 4.92 Å². The number of carbonyl (C=O) groups excluding carboxylic acids is 1. The first-order valence-corrected chi connectivity index (χ1v) is 8.62. The van der Waals surface area contributed by atoms with E-state index in [4.69, 9.17) is 9.47 Å². The SMILES string of the molecule is CNCCC1CCN(C(=O)c2cc3c(cc2[N+](=O)[O-])OCCO3)CC1. The second-order valence-electron chi connectivity index (χ2n) is 6.40. The van der Waals surface area contributed by atoms with Gasteiger partial charge in [0.15, 0.2) is 11.5 Å². The molecule has 2 aliphatic rings. The minimum absolute atomic E-state index is 0.0722. The summed E-state index contributed by atoms with van der Waals surface area (Å²) in [5.41, 5.74) is -0.158. The van der Waals surface area contributed by atoms with Crippen molar-refractivity contribution in [2.75, 3.05) is 39.9 Å². The molecule has 2 aliphatic heterocycles. The van der Waals surface area contributed by atoms with E-state index in [1.165, 1.54) is 12.1 Å². The zero-order valence-electron chi connectivity index (χ0n) is 14.3. The quantitative estimate of drug-likeness (QED) is 0.644. The van der Waals surface area contributed by atoms with E-state index in [0.29, 0.717) is 43.7 Å². The third-order valence-corrected chi connectivity index (χ3v) is 4.79. The number of fused-ring (bicyclic) bond motifs is 1. The first kappa shape index (κ1) is 17.5. The van der Waals surface area contributed by atoms with E-state index in [1.54, 1.807) is 4.90 Å². The Morgan fingerprint density at radius 1 is 1.28 bits per heavy atom. The number of likely N-dealkylation sites (tertiary alicyclic amines) is 1. The zero-order valence-corrected chi connectivity index (χ0v) is 14.3. The van der Waals surface area contributed by atoms with Crippen molar-refractivity contribution in [2.45, 2.75) is 19.3 Å². The van der Waals surface area contributed by atoms with Gasteiger partial charge in [0.1, 0.15) is 18.8 Å². The standard InChI is InChI=1S/C17H23N3O5/c1-18-5-2-12-3-6-19(7-4-12)17(21)13-10-15-16(25-9-8-24-15)11-14(13)20(22)23/h10-12,18H,2-9H2,1H3. The molecule has 1 amide bonds.